The number of nitrogens with zero attached hydrogens (tertiary/aromatic N) is 5. The van der Waals surface area contributed by atoms with Crippen molar-refractivity contribution in [3.05, 3.63) is 35.5 Å². The Morgan fingerprint density at radius 2 is 2.08 bits per heavy atom. The number of alkyl halides is 2. The Balaban J connectivity index is 1.56. The van der Waals surface area contributed by atoms with Gasteiger partial charge in [-0.1, -0.05) is 6.07 Å². The zero-order valence-electron chi connectivity index (χ0n) is 14.1. The van der Waals surface area contributed by atoms with Crippen molar-refractivity contribution in [1.82, 2.24) is 14.9 Å². The lowest BCUT2D eigenvalue weighted by Crippen LogP contribution is -2.51. The first kappa shape index (κ1) is 18.3. The fraction of sp³-hybridized carbons (Fsp3) is 0.438. The zero-order chi connectivity index (χ0) is 18.4. The summed E-state index contributed by atoms with van der Waals surface area (Å²) in [4.78, 5) is 16.9. The van der Waals surface area contributed by atoms with E-state index in [0.29, 0.717) is 11.5 Å². The van der Waals surface area contributed by atoms with Gasteiger partial charge in [-0.15, -0.1) is 11.3 Å². The van der Waals surface area contributed by atoms with E-state index in [4.69, 9.17) is 10.5 Å². The van der Waals surface area contributed by atoms with Gasteiger partial charge in [-0.3, -0.25) is 0 Å². The molecule has 1 fully saturated rings. The van der Waals surface area contributed by atoms with Crippen molar-refractivity contribution in [2.45, 2.75) is 13.0 Å². The molecule has 1 aliphatic rings. The summed E-state index contributed by atoms with van der Waals surface area (Å²) < 4.78 is 29.7. The van der Waals surface area contributed by atoms with Crippen LogP contribution in [0.3, 0.4) is 0 Å². The molecule has 1 aliphatic heterocycles. The summed E-state index contributed by atoms with van der Waals surface area (Å²) in [6.07, 6.45) is 0.742. The van der Waals surface area contributed by atoms with Crippen LogP contribution in [0.5, 0.6) is 5.88 Å². The minimum atomic E-state index is -2.55. The van der Waals surface area contributed by atoms with E-state index in [1.54, 1.807) is 29.7 Å². The maximum absolute atomic E-state index is 12.3. The smallest absolute Gasteiger partial charge is 0.272 e. The van der Waals surface area contributed by atoms with E-state index in [9.17, 15) is 8.78 Å². The average molecular weight is 382 g/mol. The molecule has 0 bridgehead atoms. The molecule has 0 amide bonds. The number of halogens is 2. The molecule has 0 unspecified atom stereocenters. The molecule has 2 aromatic rings. The van der Waals surface area contributed by atoms with Crippen LogP contribution in [-0.4, -0.2) is 60.0 Å². The van der Waals surface area contributed by atoms with E-state index in [1.807, 2.05) is 10.3 Å². The second-order valence-corrected chi connectivity index (χ2v) is 6.51. The number of piperazine rings is 1. The van der Waals surface area contributed by atoms with Crippen molar-refractivity contribution >= 4 is 22.4 Å². The minimum Gasteiger partial charge on any atom is -0.471 e. The Morgan fingerprint density at radius 3 is 2.77 bits per heavy atom. The van der Waals surface area contributed by atoms with Gasteiger partial charge in [-0.05, 0) is 6.07 Å². The van der Waals surface area contributed by atoms with Crippen LogP contribution in [0, 0.1) is 0 Å². The van der Waals surface area contributed by atoms with Gasteiger partial charge in [0.15, 0.2) is 17.7 Å². The molecule has 10 heteroatoms. The Hall–Kier alpha value is -2.49. The number of aliphatic imine (C=N–C) groups is 1. The Morgan fingerprint density at radius 1 is 1.27 bits per heavy atom. The van der Waals surface area contributed by atoms with E-state index in [0.717, 1.165) is 31.3 Å². The van der Waals surface area contributed by atoms with Gasteiger partial charge >= 0.3 is 0 Å². The first-order valence-corrected chi connectivity index (χ1v) is 9.05. The van der Waals surface area contributed by atoms with Crippen molar-refractivity contribution in [3.63, 3.8) is 0 Å². The Kier molecular flexibility index (Phi) is 6.16. The maximum atomic E-state index is 12.3. The number of ether oxygens (including phenoxy) is 1. The van der Waals surface area contributed by atoms with Crippen LogP contribution in [0.1, 0.15) is 5.56 Å². The molecule has 0 aliphatic carbocycles. The highest BCUT2D eigenvalue weighted by molar-refractivity contribution is 7.13. The standard InChI is InChI=1S/C16H20F2N6OS/c17-13(18)11-25-14-12(2-1-3-20-14)10-22-15(19)23-5-7-24(8-6-23)16-21-4-9-26-16/h1-4,9,13H,5-8,10-11H2,(H2,19,22). The number of hydrogen-bond donors (Lipinski definition) is 1. The van der Waals surface area contributed by atoms with Gasteiger partial charge < -0.3 is 20.3 Å². The first-order valence-electron chi connectivity index (χ1n) is 8.17. The van der Waals surface area contributed by atoms with Crippen LogP contribution < -0.4 is 15.4 Å². The number of pyridine rings is 1. The van der Waals surface area contributed by atoms with E-state index in [1.165, 1.54) is 6.20 Å². The first-order chi connectivity index (χ1) is 12.6. The molecule has 140 valence electrons. The van der Waals surface area contributed by atoms with E-state index in [-0.39, 0.29) is 12.4 Å². The van der Waals surface area contributed by atoms with Crippen LogP contribution in [-0.2, 0) is 6.54 Å². The molecule has 2 N–H and O–H groups in total. The van der Waals surface area contributed by atoms with Crippen LogP contribution in [0.15, 0.2) is 34.9 Å². The molecule has 3 heterocycles. The molecule has 7 nitrogen and oxygen atoms in total. The second kappa shape index (κ2) is 8.75. The fourth-order valence-corrected chi connectivity index (χ4v) is 3.28. The molecule has 0 aromatic carbocycles. The summed E-state index contributed by atoms with van der Waals surface area (Å²) >= 11 is 1.62. The lowest BCUT2D eigenvalue weighted by Gasteiger charge is -2.35. The average Bonchev–Trinajstić information content (AvgIpc) is 3.20. The monoisotopic (exact) mass is 382 g/mol. The normalized spacial score (nSPS) is 15.6. The molecule has 0 radical (unpaired) electrons. The quantitative estimate of drug-likeness (QED) is 0.606. The lowest BCUT2D eigenvalue weighted by molar-refractivity contribution is 0.0791. The number of thiazole rings is 1. The van der Waals surface area contributed by atoms with Gasteiger partial charge in [0.1, 0.15) is 0 Å². The van der Waals surface area contributed by atoms with Gasteiger partial charge in [-0.25, -0.2) is 23.7 Å². The summed E-state index contributed by atoms with van der Waals surface area (Å²) in [5, 5.41) is 2.97. The highest BCUT2D eigenvalue weighted by atomic mass is 32.1. The summed E-state index contributed by atoms with van der Waals surface area (Å²) in [6, 6.07) is 3.45. The van der Waals surface area contributed by atoms with Crippen molar-refractivity contribution in [1.29, 1.82) is 0 Å². The van der Waals surface area contributed by atoms with E-state index >= 15 is 0 Å². The molecular formula is C16H20F2N6OS. The van der Waals surface area contributed by atoms with Gasteiger partial charge in [0.2, 0.25) is 5.88 Å². The predicted octanol–water partition coefficient (Wildman–Crippen LogP) is 1.82. The molecule has 1 saturated heterocycles. The summed E-state index contributed by atoms with van der Waals surface area (Å²) in [5.74, 6) is 0.588. The number of guanidine groups is 1. The number of hydrogen-bond acceptors (Lipinski definition) is 6. The van der Waals surface area contributed by atoms with Crippen LogP contribution in [0.2, 0.25) is 0 Å². The summed E-state index contributed by atoms with van der Waals surface area (Å²) in [6.45, 7) is 2.67. The van der Waals surface area contributed by atoms with E-state index in [2.05, 4.69) is 19.9 Å². The largest absolute Gasteiger partial charge is 0.471 e. The van der Waals surface area contributed by atoms with Crippen molar-refractivity contribution in [3.8, 4) is 5.88 Å². The second-order valence-electron chi connectivity index (χ2n) is 5.63. The molecular weight excluding hydrogens is 362 g/mol. The highest BCUT2D eigenvalue weighted by Gasteiger charge is 2.20. The SMILES string of the molecule is NC(=NCc1cccnc1OCC(F)F)N1CCN(c2nccs2)CC1. The topological polar surface area (TPSA) is 79.9 Å². The number of aromatic nitrogens is 2. The van der Waals surface area contributed by atoms with E-state index < -0.39 is 13.0 Å². The summed E-state index contributed by atoms with van der Waals surface area (Å²) in [5.41, 5.74) is 6.72. The molecule has 0 atom stereocenters. The number of rotatable bonds is 6. The van der Waals surface area contributed by atoms with Gasteiger partial charge in [0.25, 0.3) is 6.43 Å². The van der Waals surface area contributed by atoms with Crippen LogP contribution in [0.25, 0.3) is 0 Å². The zero-order valence-corrected chi connectivity index (χ0v) is 14.9. The Bertz CT molecular complexity index is 719. The lowest BCUT2D eigenvalue weighted by atomic mass is 10.3. The fourth-order valence-electron chi connectivity index (χ4n) is 2.58. The Labute approximate surface area is 154 Å². The van der Waals surface area contributed by atoms with Crippen molar-refractivity contribution in [2.24, 2.45) is 10.7 Å². The number of nitrogens with two attached hydrogens (primary N) is 1. The van der Waals surface area contributed by atoms with Crippen molar-refractivity contribution < 1.29 is 13.5 Å². The third-order valence-electron chi connectivity index (χ3n) is 3.90. The van der Waals surface area contributed by atoms with Crippen molar-refractivity contribution in [2.75, 3.05) is 37.7 Å². The molecule has 26 heavy (non-hydrogen) atoms. The molecule has 0 spiro atoms. The van der Waals surface area contributed by atoms with Gasteiger partial charge in [-0.2, -0.15) is 0 Å². The number of anilines is 1. The van der Waals surface area contributed by atoms with Gasteiger partial charge in [0.05, 0.1) is 6.54 Å². The van der Waals surface area contributed by atoms with Crippen LogP contribution in [0.4, 0.5) is 13.9 Å². The third kappa shape index (κ3) is 4.78. The minimum absolute atomic E-state index is 0.165. The third-order valence-corrected chi connectivity index (χ3v) is 4.73. The molecule has 0 saturated carbocycles. The van der Waals surface area contributed by atoms with Gasteiger partial charge in [0, 0.05) is 49.5 Å². The highest BCUT2D eigenvalue weighted by Crippen LogP contribution is 2.19. The molecule has 3 rings (SSSR count). The maximum Gasteiger partial charge on any atom is 0.272 e. The summed E-state index contributed by atoms with van der Waals surface area (Å²) in [7, 11) is 0. The van der Waals surface area contributed by atoms with Crippen LogP contribution >= 0.6 is 11.3 Å². The predicted molar refractivity (Wildman–Crippen MR) is 97.0 cm³/mol. The molecule has 2 aromatic heterocycles.